The molecule has 3 unspecified atom stereocenters. The molecule has 0 heterocycles. The molecule has 0 bridgehead atoms. The van der Waals surface area contributed by atoms with Gasteiger partial charge in [0, 0.05) is 19.1 Å². The zero-order valence-corrected chi connectivity index (χ0v) is 11.1. The van der Waals surface area contributed by atoms with Gasteiger partial charge in [0.2, 0.25) is 0 Å². The fourth-order valence-electron chi connectivity index (χ4n) is 2.69. The van der Waals surface area contributed by atoms with Gasteiger partial charge in [0.25, 0.3) is 0 Å². The first-order chi connectivity index (χ1) is 8.49. The van der Waals surface area contributed by atoms with E-state index in [1.807, 2.05) is 7.05 Å². The van der Waals surface area contributed by atoms with Crippen molar-refractivity contribution in [3.63, 3.8) is 0 Å². The number of urea groups is 1. The Morgan fingerprint density at radius 2 is 1.94 bits per heavy atom. The molecule has 2 N–H and O–H groups in total. The first-order valence-electron chi connectivity index (χ1n) is 6.75. The smallest absolute Gasteiger partial charge is 0.317 e. The lowest BCUT2D eigenvalue weighted by Gasteiger charge is -2.26. The topological polar surface area (TPSA) is 69.6 Å². The third-order valence-corrected chi connectivity index (χ3v) is 4.34. The zero-order chi connectivity index (χ0) is 13.3. The minimum Gasteiger partial charge on any atom is -0.481 e. The second-order valence-corrected chi connectivity index (χ2v) is 5.68. The Morgan fingerprint density at radius 1 is 1.28 bits per heavy atom. The van der Waals surface area contributed by atoms with E-state index in [0.29, 0.717) is 18.8 Å². The zero-order valence-electron chi connectivity index (χ0n) is 11.1. The Morgan fingerprint density at radius 3 is 2.44 bits per heavy atom. The van der Waals surface area contributed by atoms with Crippen LogP contribution in [0.25, 0.3) is 0 Å². The second kappa shape index (κ2) is 5.16. The van der Waals surface area contributed by atoms with Crippen molar-refractivity contribution in [1.29, 1.82) is 0 Å². The van der Waals surface area contributed by atoms with Crippen LogP contribution in [0.5, 0.6) is 0 Å². The van der Waals surface area contributed by atoms with E-state index in [9.17, 15) is 9.59 Å². The van der Waals surface area contributed by atoms with Crippen molar-refractivity contribution in [1.82, 2.24) is 10.2 Å². The molecule has 2 fully saturated rings. The van der Waals surface area contributed by atoms with Crippen molar-refractivity contribution in [2.45, 2.75) is 51.1 Å². The summed E-state index contributed by atoms with van der Waals surface area (Å²) in [6, 6.07) is 0.236. The number of nitrogens with one attached hydrogen (secondary N) is 1. The van der Waals surface area contributed by atoms with Crippen LogP contribution in [0.4, 0.5) is 4.79 Å². The van der Waals surface area contributed by atoms with Crippen molar-refractivity contribution < 1.29 is 14.7 Å². The molecule has 102 valence electrons. The normalized spacial score (nSPS) is 28.8. The molecule has 2 aliphatic carbocycles. The Kier molecular flexibility index (Phi) is 3.78. The highest BCUT2D eigenvalue weighted by Crippen LogP contribution is 2.34. The van der Waals surface area contributed by atoms with Crippen molar-refractivity contribution >= 4 is 12.0 Å². The van der Waals surface area contributed by atoms with E-state index in [1.165, 1.54) is 12.8 Å². The highest BCUT2D eigenvalue weighted by Gasteiger charge is 2.35. The van der Waals surface area contributed by atoms with Gasteiger partial charge < -0.3 is 15.3 Å². The van der Waals surface area contributed by atoms with Crippen molar-refractivity contribution in [3.8, 4) is 0 Å². The Balaban J connectivity index is 1.79. The highest BCUT2D eigenvalue weighted by molar-refractivity contribution is 5.75. The number of carboxylic acid groups (broad SMARTS) is 1. The molecule has 2 rings (SSSR count). The van der Waals surface area contributed by atoms with Crippen LogP contribution in [-0.2, 0) is 4.79 Å². The van der Waals surface area contributed by atoms with Gasteiger partial charge in [-0.3, -0.25) is 4.79 Å². The van der Waals surface area contributed by atoms with E-state index in [0.717, 1.165) is 6.42 Å². The van der Waals surface area contributed by atoms with Crippen LogP contribution < -0.4 is 5.32 Å². The van der Waals surface area contributed by atoms with Gasteiger partial charge in [-0.2, -0.15) is 0 Å². The van der Waals surface area contributed by atoms with Gasteiger partial charge in [0.05, 0.1) is 5.92 Å². The molecule has 2 aliphatic rings. The monoisotopic (exact) mass is 254 g/mol. The van der Waals surface area contributed by atoms with Crippen LogP contribution in [0.3, 0.4) is 0 Å². The maximum atomic E-state index is 12.0. The van der Waals surface area contributed by atoms with Crippen molar-refractivity contribution in [2.75, 3.05) is 7.05 Å². The minimum atomic E-state index is -0.744. The minimum absolute atomic E-state index is 0.0208. The molecule has 3 atom stereocenters. The number of carbonyl (C=O) groups is 2. The van der Waals surface area contributed by atoms with Gasteiger partial charge in [0.15, 0.2) is 0 Å². The fraction of sp³-hybridized carbons (Fsp3) is 0.846. The Bertz CT molecular complexity index is 341. The van der Waals surface area contributed by atoms with Crippen LogP contribution in [0.2, 0.25) is 0 Å². The first kappa shape index (κ1) is 13.2. The highest BCUT2D eigenvalue weighted by atomic mass is 16.4. The number of hydrogen-bond donors (Lipinski definition) is 2. The van der Waals surface area contributed by atoms with Crippen molar-refractivity contribution in [3.05, 3.63) is 0 Å². The summed E-state index contributed by atoms with van der Waals surface area (Å²) < 4.78 is 0. The Hall–Kier alpha value is -1.26. The average Bonchev–Trinajstić information content (AvgIpc) is 3.07. The maximum Gasteiger partial charge on any atom is 0.317 e. The summed E-state index contributed by atoms with van der Waals surface area (Å²) in [6.07, 6.45) is 4.43. The molecule has 0 aromatic rings. The molecular weight excluding hydrogens is 232 g/mol. The van der Waals surface area contributed by atoms with E-state index >= 15 is 0 Å². The molecule has 0 radical (unpaired) electrons. The van der Waals surface area contributed by atoms with Crippen LogP contribution in [0.15, 0.2) is 0 Å². The van der Waals surface area contributed by atoms with E-state index < -0.39 is 5.97 Å². The van der Waals surface area contributed by atoms with Gasteiger partial charge in [-0.05, 0) is 44.9 Å². The summed E-state index contributed by atoms with van der Waals surface area (Å²) in [5.41, 5.74) is 0. The summed E-state index contributed by atoms with van der Waals surface area (Å²) in [5.74, 6) is -0.385. The predicted octanol–water partition coefficient (Wildman–Crippen LogP) is 1.68. The standard InChI is InChI=1S/C13H22N2O3/c1-8(9-3-4-9)15(2)13(18)14-11-6-5-10(7-11)12(16)17/h8-11H,3-7H2,1-2H3,(H,14,18)(H,16,17). The van der Waals surface area contributed by atoms with Gasteiger partial charge in [-0.25, -0.2) is 4.79 Å². The molecule has 0 aliphatic heterocycles. The quantitative estimate of drug-likeness (QED) is 0.802. The number of amides is 2. The molecule has 5 heteroatoms. The summed E-state index contributed by atoms with van der Waals surface area (Å²) >= 11 is 0. The van der Waals surface area contributed by atoms with E-state index in [-0.39, 0.29) is 24.0 Å². The van der Waals surface area contributed by atoms with E-state index in [1.54, 1.807) is 4.90 Å². The molecule has 0 saturated heterocycles. The summed E-state index contributed by atoms with van der Waals surface area (Å²) in [5, 5.41) is 11.9. The molecular formula is C13H22N2O3. The van der Waals surface area contributed by atoms with Crippen LogP contribution in [0.1, 0.15) is 39.0 Å². The van der Waals surface area contributed by atoms with E-state index in [4.69, 9.17) is 5.11 Å². The first-order valence-corrected chi connectivity index (χ1v) is 6.75. The Labute approximate surface area is 108 Å². The lowest BCUT2D eigenvalue weighted by atomic mass is 10.1. The number of aliphatic carboxylic acids is 1. The molecule has 0 spiro atoms. The molecule has 18 heavy (non-hydrogen) atoms. The molecule has 2 amide bonds. The van der Waals surface area contributed by atoms with Crippen LogP contribution in [0, 0.1) is 11.8 Å². The molecule has 0 aromatic heterocycles. The van der Waals surface area contributed by atoms with Gasteiger partial charge in [-0.1, -0.05) is 0 Å². The van der Waals surface area contributed by atoms with Gasteiger partial charge in [0.1, 0.15) is 0 Å². The summed E-state index contributed by atoms with van der Waals surface area (Å²) in [4.78, 5) is 24.6. The maximum absolute atomic E-state index is 12.0. The number of hydrogen-bond acceptors (Lipinski definition) is 2. The second-order valence-electron chi connectivity index (χ2n) is 5.68. The number of rotatable bonds is 4. The summed E-state index contributed by atoms with van der Waals surface area (Å²) in [7, 11) is 1.82. The SMILES string of the molecule is CC(C1CC1)N(C)C(=O)NC1CCC(C(=O)O)C1. The lowest BCUT2D eigenvalue weighted by molar-refractivity contribution is -0.141. The molecule has 5 nitrogen and oxygen atoms in total. The molecule has 2 saturated carbocycles. The van der Waals surface area contributed by atoms with E-state index in [2.05, 4.69) is 12.2 Å². The number of nitrogens with zero attached hydrogens (tertiary/aromatic N) is 1. The fourth-order valence-corrected chi connectivity index (χ4v) is 2.69. The van der Waals surface area contributed by atoms with Crippen molar-refractivity contribution in [2.24, 2.45) is 11.8 Å². The van der Waals surface area contributed by atoms with Gasteiger partial charge >= 0.3 is 12.0 Å². The third-order valence-electron chi connectivity index (χ3n) is 4.34. The lowest BCUT2D eigenvalue weighted by Crippen LogP contribution is -2.46. The van der Waals surface area contributed by atoms with Gasteiger partial charge in [-0.15, -0.1) is 0 Å². The number of carboxylic acids is 1. The third kappa shape index (κ3) is 2.94. The van der Waals surface area contributed by atoms with Crippen LogP contribution in [-0.4, -0.2) is 41.1 Å². The summed E-state index contributed by atoms with van der Waals surface area (Å²) in [6.45, 7) is 2.08. The number of carbonyl (C=O) groups excluding carboxylic acids is 1. The predicted molar refractivity (Wildman–Crippen MR) is 67.2 cm³/mol. The van der Waals surface area contributed by atoms with Crippen LogP contribution >= 0.6 is 0 Å². The molecule has 0 aromatic carbocycles. The average molecular weight is 254 g/mol. The largest absolute Gasteiger partial charge is 0.481 e.